The van der Waals surface area contributed by atoms with Gasteiger partial charge in [0.15, 0.2) is 0 Å². The SMILES string of the molecule is O.O.O.O.O.[Na+].[Na+].[Na+].[Na+].[Na+].[Na+].[Na+].[Na+].[Na+].[Na+].[Na+].[Na+].[Na+].[Na+].[Na+].[Na+].[Na+].[Na+].[Na+].[Na+].[Na+].[Na+].[Na+].[Na+].[Na+].[Na+].[Na+].[Na+].[Na+].[Na+].[Na+].[Na+].[Na+].[Na+].[Na+].[Na+].[Na+].[Na+].[Na+].[Na+].[Na+].[Na+].[Na+].[Na+].[Na+].[Na+].[Na+].[Na+].[Na+].[Na+].[Na+].[Na+].[Na+].[Na+].[Na+].[Na+].[Na+].[Na+].[Na+].[Na+].[Na+].[Na+].[Na+].[Na+].[Na+].[Na+].[Na+].[Na+].[Na+].[Na+].[Na+].[Na+].[Na+].[Na+].[Na+].[Na+].[Na+].[Na+].[Na+].[Na+].[Na+].[Na+].[Na+].[Na+].[Na+].[Na+].[Na+].[Na+].[Na+]. The summed E-state index contributed by atoms with van der Waals surface area (Å²) in [6.07, 6.45) is 0. The summed E-state index contributed by atoms with van der Waals surface area (Å²) in [5.41, 5.74) is 0. The third kappa shape index (κ3) is 741. The Morgan fingerprint density at radius 3 is 0.0213 bits per heavy atom. The standard InChI is InChI=1S/89Na.5H2O/h;;;;;;;;;;;;;;;;;;;;;;;;;;;;;;;;;;;;;;;;;;;;;;;;;;;;;;;;;;;;;;;;;;;;;;;;;;;;;;;;;;;;;;;;;5*1H2/q89*+1;;;;;. The van der Waals surface area contributed by atoms with Gasteiger partial charge in [0.1, 0.15) is 0 Å². The van der Waals surface area contributed by atoms with E-state index in [1.54, 1.807) is 0 Å². The summed E-state index contributed by atoms with van der Waals surface area (Å²) in [6.45, 7) is 0. The fourth-order valence-corrected chi connectivity index (χ4v) is 0. The van der Waals surface area contributed by atoms with Gasteiger partial charge in [0, 0.05) is 0 Å². The van der Waals surface area contributed by atoms with Gasteiger partial charge < -0.3 is 27.4 Å². The van der Waals surface area contributed by atoms with E-state index in [0.717, 1.165) is 0 Å². The Morgan fingerprint density at radius 2 is 0.0213 bits per heavy atom. The van der Waals surface area contributed by atoms with E-state index in [2.05, 4.69) is 0 Å². The first-order valence-corrected chi connectivity index (χ1v) is 0. The van der Waals surface area contributed by atoms with Gasteiger partial charge in [-0.2, -0.15) is 0 Å². The van der Waals surface area contributed by atoms with Crippen LogP contribution in [0.25, 0.3) is 0 Å². The van der Waals surface area contributed by atoms with Crippen molar-refractivity contribution in [2.75, 3.05) is 0 Å². The van der Waals surface area contributed by atoms with Crippen molar-refractivity contribution >= 4 is 0 Å². The molecule has 0 fully saturated rings. The van der Waals surface area contributed by atoms with E-state index >= 15 is 0 Å². The van der Waals surface area contributed by atoms with Crippen LogP contribution in [0.4, 0.5) is 0 Å². The van der Waals surface area contributed by atoms with E-state index in [1.165, 1.54) is 0 Å². The second-order valence-electron chi connectivity index (χ2n) is 0. The normalized spacial score (nSPS) is 0. The average Bonchev–Trinajstić information content (AvgIpc) is 0. The summed E-state index contributed by atoms with van der Waals surface area (Å²) in [5.74, 6) is 0. The Bertz CT molecular complexity index is 28.2. The second kappa shape index (κ2) is 754. The monoisotopic (exact) mass is 2140 g/mol. The zero-order valence-corrected chi connectivity index (χ0v) is 270. The fourth-order valence-electron chi connectivity index (χ4n) is 0. The van der Waals surface area contributed by atoms with Gasteiger partial charge in [-0.05, 0) is 0 Å². The zero-order valence-electron chi connectivity index (χ0n) is 91.5. The number of hydrogen-bond acceptors (Lipinski definition) is 0. The van der Waals surface area contributed by atoms with Gasteiger partial charge >= 0.3 is 2630 Å². The molecule has 0 aliphatic rings. The topological polar surface area (TPSA) is 158 Å². The largest absolute Gasteiger partial charge is 1.00 e. The molecule has 0 spiro atoms. The molecule has 0 radical (unpaired) electrons. The molecule has 0 aromatic rings. The predicted molar refractivity (Wildman–Crippen MR) is 18.1 cm³/mol. The van der Waals surface area contributed by atoms with Gasteiger partial charge in [-0.25, -0.2) is 0 Å². The molecule has 94 heteroatoms. The zero-order chi connectivity index (χ0) is 0. The Labute approximate surface area is 2560 Å². The summed E-state index contributed by atoms with van der Waals surface area (Å²) in [4.78, 5) is 0. The molecule has 0 unspecified atom stereocenters. The maximum absolute atomic E-state index is 0. The van der Waals surface area contributed by atoms with Crippen LogP contribution in [0.2, 0.25) is 0 Å². The van der Waals surface area contributed by atoms with Gasteiger partial charge in [-0.15, -0.1) is 0 Å². The minimum Gasteiger partial charge on any atom is -0.412 e. The van der Waals surface area contributed by atoms with Gasteiger partial charge in [-0.1, -0.05) is 0 Å². The van der Waals surface area contributed by atoms with Gasteiger partial charge in [0.2, 0.25) is 0 Å². The molecule has 5 nitrogen and oxygen atoms in total. The van der Waals surface area contributed by atoms with Crippen LogP contribution in [0.1, 0.15) is 0 Å². The van der Waals surface area contributed by atoms with Crippen LogP contribution >= 0.6 is 0 Å². The average molecular weight is 2140 g/mol. The minimum absolute atomic E-state index is 0. The summed E-state index contributed by atoms with van der Waals surface area (Å²) in [6, 6.07) is 0. The van der Waals surface area contributed by atoms with Crippen LogP contribution in [0, 0.1) is 0 Å². The predicted octanol–water partition coefficient (Wildman–Crippen LogP) is -271. The van der Waals surface area contributed by atoms with E-state index in [-0.39, 0.29) is 2660 Å². The molecule has 0 saturated heterocycles. The van der Waals surface area contributed by atoms with Crippen LogP contribution < -0.4 is 2630 Å². The van der Waals surface area contributed by atoms with Gasteiger partial charge in [0.25, 0.3) is 0 Å². The third-order valence-corrected chi connectivity index (χ3v) is 0. The molecule has 0 aromatic carbocycles. The van der Waals surface area contributed by atoms with Crippen LogP contribution in [-0.4, -0.2) is 27.4 Å². The van der Waals surface area contributed by atoms with Gasteiger partial charge in [-0.3, -0.25) is 0 Å². The van der Waals surface area contributed by atoms with Crippen LogP contribution in [0.15, 0.2) is 0 Å². The first-order valence-electron chi connectivity index (χ1n) is 0. The van der Waals surface area contributed by atoms with E-state index < -0.39 is 0 Å². The smallest absolute Gasteiger partial charge is 0.412 e. The molecule has 10 N–H and O–H groups in total. The van der Waals surface area contributed by atoms with Crippen molar-refractivity contribution in [2.45, 2.75) is 0 Å². The molecular weight excluding hydrogens is 2130 g/mol. The van der Waals surface area contributed by atoms with Crippen molar-refractivity contribution in [1.29, 1.82) is 0 Å². The summed E-state index contributed by atoms with van der Waals surface area (Å²) in [7, 11) is 0. The Morgan fingerprint density at radius 1 is 0.0213 bits per heavy atom. The van der Waals surface area contributed by atoms with Crippen molar-refractivity contribution in [3.05, 3.63) is 0 Å². The molecule has 94 heavy (non-hydrogen) atoms. The van der Waals surface area contributed by atoms with Crippen molar-refractivity contribution in [3.63, 3.8) is 0 Å². The number of hydrogen-bond donors (Lipinski definition) is 0. The molecule has 0 atom stereocenters. The minimum atomic E-state index is 0. The molecule has 40 valence electrons. The molecule has 0 bridgehead atoms. The third-order valence-electron chi connectivity index (χ3n) is 0. The summed E-state index contributed by atoms with van der Waals surface area (Å²) < 4.78 is 0. The van der Waals surface area contributed by atoms with Crippen LogP contribution in [0.5, 0.6) is 0 Å². The molecular formula is H10Na89O5+89. The second-order valence-corrected chi connectivity index (χ2v) is 0. The Hall–Kier alpha value is 88.8. The van der Waals surface area contributed by atoms with Crippen molar-refractivity contribution < 1.29 is 2660 Å². The first kappa shape index (κ1) is 766. The molecule has 0 saturated carbocycles. The summed E-state index contributed by atoms with van der Waals surface area (Å²) in [5, 5.41) is 0. The molecule has 0 rings (SSSR count). The van der Waals surface area contributed by atoms with E-state index in [4.69, 9.17) is 0 Å². The van der Waals surface area contributed by atoms with E-state index in [1.807, 2.05) is 0 Å². The number of rotatable bonds is 0. The first-order chi connectivity index (χ1) is 0. The van der Waals surface area contributed by atoms with E-state index in [9.17, 15) is 0 Å². The molecule has 0 aliphatic carbocycles. The van der Waals surface area contributed by atoms with Crippen LogP contribution in [0.3, 0.4) is 0 Å². The molecule has 0 aliphatic heterocycles. The van der Waals surface area contributed by atoms with Gasteiger partial charge in [0.05, 0.1) is 0 Å². The maximum Gasteiger partial charge on any atom is 1.00 e. The molecule has 0 aromatic heterocycles. The Balaban J connectivity index is 0. The molecule has 0 heterocycles. The van der Waals surface area contributed by atoms with Crippen molar-refractivity contribution in [3.8, 4) is 0 Å². The fraction of sp³-hybridized carbons (Fsp3) is 0. The van der Waals surface area contributed by atoms with Crippen molar-refractivity contribution in [1.82, 2.24) is 0 Å². The van der Waals surface area contributed by atoms with Crippen molar-refractivity contribution in [2.24, 2.45) is 0 Å². The van der Waals surface area contributed by atoms with Crippen LogP contribution in [-0.2, 0) is 0 Å². The quantitative estimate of drug-likeness (QED) is 0.212. The summed E-state index contributed by atoms with van der Waals surface area (Å²) >= 11 is 0. The van der Waals surface area contributed by atoms with E-state index in [0.29, 0.717) is 0 Å². The Kier molecular flexibility index (Phi) is 6140. The molecule has 0 amide bonds. The maximum atomic E-state index is 0.